The summed E-state index contributed by atoms with van der Waals surface area (Å²) in [6, 6.07) is 6.86. The minimum Gasteiger partial charge on any atom is -0.319 e. The molecule has 1 aromatic carbocycles. The fourth-order valence-electron chi connectivity index (χ4n) is 2.74. The number of amides is 1. The molecule has 1 heterocycles. The van der Waals surface area contributed by atoms with Crippen LogP contribution in [0, 0.1) is 11.7 Å². The van der Waals surface area contributed by atoms with Gasteiger partial charge in [-0.25, -0.2) is 4.39 Å². The molecular weight excluding hydrogens is 231 g/mol. The fraction of sp³-hybridized carbons (Fsp3) is 0.500. The van der Waals surface area contributed by atoms with Gasteiger partial charge in [0.15, 0.2) is 0 Å². The summed E-state index contributed by atoms with van der Waals surface area (Å²) in [5, 5.41) is 3.11. The smallest absolute Gasteiger partial charge is 0.238 e. The average molecular weight is 248 g/mol. The number of nitrogens with one attached hydrogen (secondary N) is 1. The van der Waals surface area contributed by atoms with Gasteiger partial charge in [0.2, 0.25) is 5.91 Å². The molecule has 1 N–H and O–H groups in total. The molecule has 3 rings (SSSR count). The van der Waals surface area contributed by atoms with Crippen molar-refractivity contribution in [3.05, 3.63) is 35.6 Å². The average Bonchev–Trinajstić information content (AvgIpc) is 3.13. The Labute approximate surface area is 106 Å². The summed E-state index contributed by atoms with van der Waals surface area (Å²) < 4.78 is 13.8. The van der Waals surface area contributed by atoms with Crippen molar-refractivity contribution < 1.29 is 9.18 Å². The highest BCUT2D eigenvalue weighted by Gasteiger charge is 2.41. The van der Waals surface area contributed by atoms with Crippen molar-refractivity contribution in [1.82, 2.24) is 10.2 Å². The Morgan fingerprint density at radius 2 is 2.11 bits per heavy atom. The molecule has 0 spiro atoms. The number of hydrogen-bond donors (Lipinski definition) is 1. The van der Waals surface area contributed by atoms with E-state index in [0.717, 1.165) is 0 Å². The van der Waals surface area contributed by atoms with Gasteiger partial charge >= 0.3 is 0 Å². The molecule has 4 heteroatoms. The molecule has 0 bridgehead atoms. The lowest BCUT2D eigenvalue weighted by atomic mass is 10.1. The molecule has 2 fully saturated rings. The van der Waals surface area contributed by atoms with E-state index in [1.165, 1.54) is 18.9 Å². The maximum absolute atomic E-state index is 13.8. The molecule has 1 saturated heterocycles. The minimum absolute atomic E-state index is 0.0719. The Kier molecular flexibility index (Phi) is 2.82. The lowest BCUT2D eigenvalue weighted by Crippen LogP contribution is -2.39. The van der Waals surface area contributed by atoms with E-state index in [1.54, 1.807) is 12.1 Å². The molecule has 1 aliphatic carbocycles. The summed E-state index contributed by atoms with van der Waals surface area (Å²) in [4.78, 5) is 13.8. The zero-order valence-corrected chi connectivity index (χ0v) is 10.4. The third kappa shape index (κ3) is 1.90. The van der Waals surface area contributed by atoms with Gasteiger partial charge in [-0.1, -0.05) is 18.2 Å². The molecule has 1 aromatic rings. The van der Waals surface area contributed by atoms with E-state index in [4.69, 9.17) is 0 Å². The van der Waals surface area contributed by atoms with Gasteiger partial charge in [0, 0.05) is 11.6 Å². The summed E-state index contributed by atoms with van der Waals surface area (Å²) in [6.45, 7) is 2.37. The van der Waals surface area contributed by atoms with Crippen LogP contribution in [0.25, 0.3) is 0 Å². The van der Waals surface area contributed by atoms with E-state index >= 15 is 0 Å². The first kappa shape index (κ1) is 11.7. The third-order valence-corrected chi connectivity index (χ3v) is 3.96. The number of nitrogens with zero attached hydrogens (tertiary/aromatic N) is 1. The molecular formula is C14H17FN2O. The van der Waals surface area contributed by atoms with Crippen molar-refractivity contribution in [2.45, 2.75) is 32.0 Å². The fourth-order valence-corrected chi connectivity index (χ4v) is 2.74. The number of carbonyl (C=O) groups is 1. The van der Waals surface area contributed by atoms with Crippen LogP contribution >= 0.6 is 0 Å². The Hall–Kier alpha value is -1.42. The Balaban J connectivity index is 1.90. The van der Waals surface area contributed by atoms with Gasteiger partial charge in [-0.3, -0.25) is 10.1 Å². The normalized spacial score (nSPS) is 25.6. The van der Waals surface area contributed by atoms with Crippen molar-refractivity contribution >= 4 is 5.91 Å². The predicted molar refractivity (Wildman–Crippen MR) is 66.2 cm³/mol. The van der Waals surface area contributed by atoms with Gasteiger partial charge in [-0.2, -0.15) is 0 Å². The van der Waals surface area contributed by atoms with Crippen LogP contribution in [0.15, 0.2) is 24.3 Å². The summed E-state index contributed by atoms with van der Waals surface area (Å²) in [5.41, 5.74) is 0.566. The van der Waals surface area contributed by atoms with Gasteiger partial charge in [-0.05, 0) is 31.7 Å². The maximum atomic E-state index is 13.8. The van der Waals surface area contributed by atoms with Gasteiger partial charge in [-0.15, -0.1) is 0 Å². The maximum Gasteiger partial charge on any atom is 0.238 e. The van der Waals surface area contributed by atoms with E-state index in [0.29, 0.717) is 18.0 Å². The monoisotopic (exact) mass is 248 g/mol. The topological polar surface area (TPSA) is 32.3 Å². The van der Waals surface area contributed by atoms with Crippen LogP contribution in [0.2, 0.25) is 0 Å². The van der Waals surface area contributed by atoms with Crippen LogP contribution in [-0.4, -0.2) is 23.4 Å². The van der Waals surface area contributed by atoms with E-state index in [1.807, 2.05) is 11.0 Å². The quantitative estimate of drug-likeness (QED) is 0.888. The molecule has 2 unspecified atom stereocenters. The molecule has 3 nitrogen and oxygen atoms in total. The Morgan fingerprint density at radius 1 is 1.39 bits per heavy atom. The van der Waals surface area contributed by atoms with Crippen molar-refractivity contribution in [3.8, 4) is 0 Å². The summed E-state index contributed by atoms with van der Waals surface area (Å²) >= 11 is 0. The lowest BCUT2D eigenvalue weighted by molar-refractivity contribution is -0.130. The van der Waals surface area contributed by atoms with Gasteiger partial charge < -0.3 is 4.90 Å². The molecule has 18 heavy (non-hydrogen) atoms. The molecule has 2 atom stereocenters. The van der Waals surface area contributed by atoms with Crippen LogP contribution in [0.3, 0.4) is 0 Å². The second-order valence-electron chi connectivity index (χ2n) is 5.18. The molecule has 96 valence electrons. The predicted octanol–water partition coefficient (Wildman–Crippen LogP) is 2.05. The van der Waals surface area contributed by atoms with Gasteiger partial charge in [0.1, 0.15) is 12.0 Å². The van der Waals surface area contributed by atoms with Gasteiger partial charge in [0.25, 0.3) is 0 Å². The third-order valence-electron chi connectivity index (χ3n) is 3.96. The molecule has 0 aromatic heterocycles. The second kappa shape index (κ2) is 4.35. The zero-order chi connectivity index (χ0) is 12.7. The lowest BCUT2D eigenvalue weighted by Gasteiger charge is -2.31. The van der Waals surface area contributed by atoms with Crippen molar-refractivity contribution in [2.24, 2.45) is 5.92 Å². The molecule has 2 aliphatic rings. The molecule has 1 aliphatic heterocycles. The van der Waals surface area contributed by atoms with Crippen molar-refractivity contribution in [1.29, 1.82) is 0 Å². The molecule has 1 amide bonds. The van der Waals surface area contributed by atoms with Crippen LogP contribution in [-0.2, 0) is 4.79 Å². The standard InChI is InChI=1S/C14H17FN2O/c1-9(10-6-7-10)17-13(18)8-16-14(17)11-4-2-3-5-12(11)15/h2-5,9-10,14,16H,6-8H2,1H3. The van der Waals surface area contributed by atoms with Crippen LogP contribution in [0.5, 0.6) is 0 Å². The van der Waals surface area contributed by atoms with Gasteiger partial charge in [0.05, 0.1) is 6.54 Å². The van der Waals surface area contributed by atoms with Crippen LogP contribution < -0.4 is 5.32 Å². The number of halogens is 1. The van der Waals surface area contributed by atoms with E-state index < -0.39 is 0 Å². The molecule has 0 radical (unpaired) electrons. The Morgan fingerprint density at radius 3 is 2.78 bits per heavy atom. The summed E-state index contributed by atoms with van der Waals surface area (Å²) in [6.07, 6.45) is 2.04. The molecule has 1 saturated carbocycles. The Bertz CT molecular complexity index is 473. The first-order chi connectivity index (χ1) is 8.68. The minimum atomic E-state index is -0.311. The second-order valence-corrected chi connectivity index (χ2v) is 5.18. The SMILES string of the molecule is CC(C1CC1)N1C(=O)CNC1c1ccccc1F. The van der Waals surface area contributed by atoms with E-state index in [2.05, 4.69) is 12.2 Å². The highest BCUT2D eigenvalue weighted by molar-refractivity contribution is 5.81. The zero-order valence-electron chi connectivity index (χ0n) is 10.4. The number of rotatable bonds is 3. The van der Waals surface area contributed by atoms with Crippen LogP contribution in [0.1, 0.15) is 31.5 Å². The number of carbonyl (C=O) groups excluding carboxylic acids is 1. The van der Waals surface area contributed by atoms with E-state index in [9.17, 15) is 9.18 Å². The first-order valence-corrected chi connectivity index (χ1v) is 6.47. The van der Waals surface area contributed by atoms with Crippen molar-refractivity contribution in [3.63, 3.8) is 0 Å². The number of hydrogen-bond acceptors (Lipinski definition) is 2. The largest absolute Gasteiger partial charge is 0.319 e. The number of benzene rings is 1. The van der Waals surface area contributed by atoms with Crippen molar-refractivity contribution in [2.75, 3.05) is 6.54 Å². The van der Waals surface area contributed by atoms with E-state index in [-0.39, 0.29) is 23.9 Å². The summed E-state index contributed by atoms with van der Waals surface area (Å²) in [5.74, 6) is 0.406. The van der Waals surface area contributed by atoms with Crippen LogP contribution in [0.4, 0.5) is 4.39 Å². The highest BCUT2D eigenvalue weighted by Crippen LogP contribution is 2.39. The highest BCUT2D eigenvalue weighted by atomic mass is 19.1. The summed E-state index contributed by atoms with van der Waals surface area (Å²) in [7, 11) is 0. The first-order valence-electron chi connectivity index (χ1n) is 6.47.